The van der Waals surface area contributed by atoms with Gasteiger partial charge in [0.25, 0.3) is 10.0 Å². The maximum atomic E-state index is 13.1. The molecule has 12 nitrogen and oxygen atoms in total. The number of aliphatic hydroxyl groups excluding tert-OH is 1. The molecule has 210 valence electrons. The molecule has 15 heteroatoms. The van der Waals surface area contributed by atoms with Crippen LogP contribution in [0.2, 0.25) is 0 Å². The van der Waals surface area contributed by atoms with Crippen LogP contribution in [-0.4, -0.2) is 65.3 Å². The third kappa shape index (κ3) is 5.51. The molecule has 0 aromatic carbocycles. The van der Waals surface area contributed by atoms with Gasteiger partial charge in [0.05, 0.1) is 35.0 Å². The van der Waals surface area contributed by atoms with Gasteiger partial charge in [0, 0.05) is 42.5 Å². The van der Waals surface area contributed by atoms with Crippen molar-refractivity contribution in [2.75, 3.05) is 17.2 Å². The molecule has 4 aromatic heterocycles. The lowest BCUT2D eigenvalue weighted by Crippen LogP contribution is -2.17. The highest BCUT2D eigenvalue weighted by molar-refractivity contribution is 7.90. The second-order valence-electron chi connectivity index (χ2n) is 10.0. The average molecular weight is 572 g/mol. The van der Waals surface area contributed by atoms with Crippen LogP contribution in [0.25, 0.3) is 22.6 Å². The molecule has 6 rings (SSSR count). The highest BCUT2D eigenvalue weighted by Gasteiger charge is 2.37. The fraction of sp³-hybridized carbons (Fsp3) is 0.400. The SMILES string of the molecule is O=S(=O)(C1CC1)n1cc(-c2nccc(Nc3cc(NC[C@H]4CC[C@@H](O)C4)c(-c4ccn(C(F)F)n4)cn3)n2)cn1. The molecule has 2 fully saturated rings. The zero-order chi connectivity index (χ0) is 27.9. The number of halogens is 2. The molecule has 0 amide bonds. The maximum Gasteiger partial charge on any atom is 0.333 e. The van der Waals surface area contributed by atoms with Gasteiger partial charge in [-0.2, -0.15) is 23.1 Å². The van der Waals surface area contributed by atoms with Crippen LogP contribution in [0.3, 0.4) is 0 Å². The number of rotatable bonds is 10. The third-order valence-corrected chi connectivity index (χ3v) is 9.05. The Balaban J connectivity index is 1.24. The molecule has 0 bridgehead atoms. The molecule has 0 aliphatic heterocycles. The van der Waals surface area contributed by atoms with E-state index in [4.69, 9.17) is 0 Å². The third-order valence-electron chi connectivity index (χ3n) is 7.02. The first-order valence-electron chi connectivity index (χ1n) is 12.9. The predicted octanol–water partition coefficient (Wildman–Crippen LogP) is 3.65. The van der Waals surface area contributed by atoms with Crippen molar-refractivity contribution in [2.45, 2.75) is 50.0 Å². The van der Waals surface area contributed by atoms with Crippen LogP contribution in [-0.2, 0) is 10.0 Å². The Morgan fingerprint density at radius 1 is 1.10 bits per heavy atom. The first-order valence-corrected chi connectivity index (χ1v) is 14.4. The fourth-order valence-corrected chi connectivity index (χ4v) is 6.21. The molecular weight excluding hydrogens is 544 g/mol. The Morgan fingerprint density at radius 2 is 1.95 bits per heavy atom. The summed E-state index contributed by atoms with van der Waals surface area (Å²) in [5.74, 6) is 1.41. The van der Waals surface area contributed by atoms with Crippen LogP contribution < -0.4 is 10.6 Å². The Labute approximate surface area is 228 Å². The molecule has 40 heavy (non-hydrogen) atoms. The normalized spacial score (nSPS) is 19.3. The molecule has 3 N–H and O–H groups in total. The van der Waals surface area contributed by atoms with Crippen LogP contribution in [0.15, 0.2) is 49.2 Å². The predicted molar refractivity (Wildman–Crippen MR) is 142 cm³/mol. The van der Waals surface area contributed by atoms with Crippen LogP contribution in [0, 0.1) is 5.92 Å². The van der Waals surface area contributed by atoms with E-state index in [0.29, 0.717) is 64.6 Å². The molecule has 4 heterocycles. The average Bonchev–Trinajstić information content (AvgIpc) is 3.30. The van der Waals surface area contributed by atoms with Crippen molar-refractivity contribution in [2.24, 2.45) is 5.92 Å². The van der Waals surface area contributed by atoms with Gasteiger partial charge in [-0.3, -0.25) is 0 Å². The van der Waals surface area contributed by atoms with Gasteiger partial charge in [-0.25, -0.2) is 28.1 Å². The van der Waals surface area contributed by atoms with E-state index in [-0.39, 0.29) is 17.8 Å². The number of nitrogens with one attached hydrogen (secondary N) is 2. The summed E-state index contributed by atoms with van der Waals surface area (Å²) in [6, 6.07) is 4.88. The quantitative estimate of drug-likeness (QED) is 0.257. The van der Waals surface area contributed by atoms with Crippen molar-refractivity contribution < 1.29 is 22.3 Å². The lowest BCUT2D eigenvalue weighted by Gasteiger charge is -2.16. The molecule has 0 saturated heterocycles. The van der Waals surface area contributed by atoms with Crippen LogP contribution in [0.5, 0.6) is 0 Å². The second kappa shape index (κ2) is 10.5. The highest BCUT2D eigenvalue weighted by Crippen LogP contribution is 2.33. The van der Waals surface area contributed by atoms with Crippen molar-refractivity contribution in [3.05, 3.63) is 49.2 Å². The first kappa shape index (κ1) is 26.3. The Bertz CT molecular complexity index is 1620. The molecule has 0 spiro atoms. The number of hydrogen-bond donors (Lipinski definition) is 3. The summed E-state index contributed by atoms with van der Waals surface area (Å²) in [4.78, 5) is 13.2. The smallest absolute Gasteiger partial charge is 0.333 e. The second-order valence-corrected chi connectivity index (χ2v) is 12.1. The Morgan fingerprint density at radius 3 is 2.67 bits per heavy atom. The topological polar surface area (TPSA) is 153 Å². The Hall–Kier alpha value is -3.98. The summed E-state index contributed by atoms with van der Waals surface area (Å²) in [5, 5.41) is 24.0. The minimum absolute atomic E-state index is 0.278. The number of aromatic nitrogens is 7. The van der Waals surface area contributed by atoms with Crippen molar-refractivity contribution in [3.8, 4) is 22.6 Å². The van der Waals surface area contributed by atoms with E-state index in [1.807, 2.05) is 0 Å². The van der Waals surface area contributed by atoms with Gasteiger partial charge < -0.3 is 15.7 Å². The van der Waals surface area contributed by atoms with Gasteiger partial charge in [0.1, 0.15) is 11.6 Å². The molecule has 4 aromatic rings. The largest absolute Gasteiger partial charge is 0.393 e. The minimum atomic E-state index is -3.51. The standard InChI is InChI=1S/C25H27F2N9O3S/c26-25(27)35-8-6-20(34-35)19-13-30-23(10-21(19)29-11-15-1-2-17(37)9-15)32-22-5-7-28-24(33-22)16-12-31-36(14-16)40(38,39)18-3-4-18/h5-8,10,12-15,17-18,25,37H,1-4,9,11H2,(H2,28,29,30,32,33)/t15-,17+/m0/s1. The zero-order valence-corrected chi connectivity index (χ0v) is 22.0. The number of alkyl halides is 2. The van der Waals surface area contributed by atoms with E-state index in [0.717, 1.165) is 16.9 Å². The van der Waals surface area contributed by atoms with Crippen molar-refractivity contribution in [1.29, 1.82) is 0 Å². The van der Waals surface area contributed by atoms with Gasteiger partial charge in [-0.05, 0) is 50.2 Å². The summed E-state index contributed by atoms with van der Waals surface area (Å²) in [5.41, 5.74) is 1.98. The van der Waals surface area contributed by atoms with Crippen LogP contribution in [0.1, 0.15) is 38.7 Å². The summed E-state index contributed by atoms with van der Waals surface area (Å²) in [6.45, 7) is -2.17. The molecular formula is C25H27F2N9O3S. The summed E-state index contributed by atoms with van der Waals surface area (Å²) in [6.07, 6.45) is 10.4. The zero-order valence-electron chi connectivity index (χ0n) is 21.2. The van der Waals surface area contributed by atoms with Gasteiger partial charge in [0.15, 0.2) is 5.82 Å². The summed E-state index contributed by atoms with van der Waals surface area (Å²) < 4.78 is 52.8. The lowest BCUT2D eigenvalue weighted by molar-refractivity contribution is 0.0568. The maximum absolute atomic E-state index is 13.1. The molecule has 0 radical (unpaired) electrons. The van der Waals surface area contributed by atoms with Gasteiger partial charge in [-0.15, -0.1) is 0 Å². The van der Waals surface area contributed by atoms with E-state index >= 15 is 0 Å². The lowest BCUT2D eigenvalue weighted by atomic mass is 10.1. The number of pyridine rings is 1. The Kier molecular flexibility index (Phi) is 6.92. The van der Waals surface area contributed by atoms with Crippen LogP contribution >= 0.6 is 0 Å². The monoisotopic (exact) mass is 571 g/mol. The van der Waals surface area contributed by atoms with Crippen LogP contribution in [0.4, 0.5) is 26.1 Å². The van der Waals surface area contributed by atoms with E-state index in [9.17, 15) is 22.3 Å². The van der Waals surface area contributed by atoms with Gasteiger partial charge in [-0.1, -0.05) is 0 Å². The van der Waals surface area contributed by atoms with Crippen molar-refractivity contribution in [3.63, 3.8) is 0 Å². The first-order chi connectivity index (χ1) is 19.3. The minimum Gasteiger partial charge on any atom is -0.393 e. The summed E-state index contributed by atoms with van der Waals surface area (Å²) in [7, 11) is -3.51. The molecule has 2 aliphatic rings. The summed E-state index contributed by atoms with van der Waals surface area (Å²) >= 11 is 0. The van der Waals surface area contributed by atoms with Crippen molar-refractivity contribution >= 4 is 27.3 Å². The molecule has 2 atom stereocenters. The fourth-order valence-electron chi connectivity index (χ4n) is 4.73. The van der Waals surface area contributed by atoms with Crippen molar-refractivity contribution in [1.82, 2.24) is 33.9 Å². The van der Waals surface area contributed by atoms with E-state index < -0.39 is 21.8 Å². The number of anilines is 3. The van der Waals surface area contributed by atoms with Gasteiger partial charge in [0.2, 0.25) is 0 Å². The van der Waals surface area contributed by atoms with E-state index in [2.05, 4.69) is 35.8 Å². The molecule has 0 unspecified atom stereocenters. The molecule has 2 saturated carbocycles. The number of aliphatic hydroxyl groups is 1. The van der Waals surface area contributed by atoms with E-state index in [1.54, 1.807) is 18.3 Å². The molecule has 2 aliphatic carbocycles. The number of hydrogen-bond acceptors (Lipinski definition) is 10. The van der Waals surface area contributed by atoms with Gasteiger partial charge >= 0.3 is 6.55 Å². The van der Waals surface area contributed by atoms with E-state index in [1.165, 1.54) is 30.9 Å². The highest BCUT2D eigenvalue weighted by atomic mass is 32.2. The number of nitrogens with zero attached hydrogens (tertiary/aromatic N) is 7.